The van der Waals surface area contributed by atoms with Crippen LogP contribution in [-0.4, -0.2) is 20.3 Å². The summed E-state index contributed by atoms with van der Waals surface area (Å²) in [4.78, 5) is 17.3. The Kier molecular flexibility index (Phi) is 3.13. The first-order chi connectivity index (χ1) is 6.09. The molecule has 0 aliphatic carbocycles. The van der Waals surface area contributed by atoms with Crippen molar-refractivity contribution < 1.29 is 4.92 Å². The van der Waals surface area contributed by atoms with Crippen molar-refractivity contribution in [3.63, 3.8) is 0 Å². The second-order valence-electron chi connectivity index (χ2n) is 2.60. The van der Waals surface area contributed by atoms with Gasteiger partial charge in [-0.05, 0) is 6.92 Å². The van der Waals surface area contributed by atoms with Crippen LogP contribution >= 0.6 is 11.6 Å². The lowest BCUT2D eigenvalue weighted by Crippen LogP contribution is -2.03. The van der Waals surface area contributed by atoms with E-state index in [9.17, 15) is 10.1 Å². The first kappa shape index (κ1) is 9.85. The largest absolute Gasteiger partial charge is 0.305 e. The Labute approximate surface area is 79.9 Å². The topological polar surface area (TPSA) is 68.9 Å². The van der Waals surface area contributed by atoms with Crippen LogP contribution in [0.25, 0.3) is 0 Å². The standard InChI is InChI=1S/C7H8ClN3O2/c1-5(8)2-7-9-3-6(4-10-7)11(12)13/h3-5H,2H2,1H3. The summed E-state index contributed by atoms with van der Waals surface area (Å²) in [6.07, 6.45) is 2.88. The third-order valence-corrected chi connectivity index (χ3v) is 1.52. The quantitative estimate of drug-likeness (QED) is 0.423. The van der Waals surface area contributed by atoms with E-state index in [4.69, 9.17) is 11.6 Å². The average molecular weight is 202 g/mol. The van der Waals surface area contributed by atoms with E-state index in [-0.39, 0.29) is 11.1 Å². The zero-order valence-corrected chi connectivity index (χ0v) is 7.73. The lowest BCUT2D eigenvalue weighted by molar-refractivity contribution is -0.385. The minimum Gasteiger partial charge on any atom is -0.258 e. The summed E-state index contributed by atoms with van der Waals surface area (Å²) in [6.45, 7) is 1.81. The molecule has 0 spiro atoms. The summed E-state index contributed by atoms with van der Waals surface area (Å²) in [5.74, 6) is 0.521. The highest BCUT2D eigenvalue weighted by Gasteiger charge is 2.07. The maximum absolute atomic E-state index is 10.2. The van der Waals surface area contributed by atoms with E-state index in [0.29, 0.717) is 12.2 Å². The van der Waals surface area contributed by atoms with E-state index >= 15 is 0 Å². The van der Waals surface area contributed by atoms with Crippen LogP contribution < -0.4 is 0 Å². The van der Waals surface area contributed by atoms with Gasteiger partial charge in [0.2, 0.25) is 0 Å². The van der Waals surface area contributed by atoms with Crippen molar-refractivity contribution in [3.8, 4) is 0 Å². The van der Waals surface area contributed by atoms with Crippen LogP contribution in [0.2, 0.25) is 0 Å². The predicted molar refractivity (Wildman–Crippen MR) is 47.7 cm³/mol. The molecule has 0 saturated heterocycles. The van der Waals surface area contributed by atoms with Gasteiger partial charge in [0.25, 0.3) is 0 Å². The highest BCUT2D eigenvalue weighted by Crippen LogP contribution is 2.08. The zero-order valence-electron chi connectivity index (χ0n) is 6.98. The number of hydrogen-bond donors (Lipinski definition) is 0. The second-order valence-corrected chi connectivity index (χ2v) is 3.34. The predicted octanol–water partition coefficient (Wildman–Crippen LogP) is 1.55. The molecule has 1 unspecified atom stereocenters. The summed E-state index contributed by atoms with van der Waals surface area (Å²) in [5.41, 5.74) is -0.106. The molecule has 6 heteroatoms. The van der Waals surface area contributed by atoms with Gasteiger partial charge in [-0.25, -0.2) is 9.97 Å². The molecular formula is C7H8ClN3O2. The van der Waals surface area contributed by atoms with Crippen molar-refractivity contribution in [2.75, 3.05) is 0 Å². The number of alkyl halides is 1. The van der Waals surface area contributed by atoms with Crippen molar-refractivity contribution in [1.29, 1.82) is 0 Å². The Morgan fingerprint density at radius 3 is 2.54 bits per heavy atom. The van der Waals surface area contributed by atoms with Gasteiger partial charge >= 0.3 is 5.69 Å². The molecule has 1 aromatic heterocycles. The molecule has 1 atom stereocenters. The van der Waals surface area contributed by atoms with Gasteiger partial charge in [-0.15, -0.1) is 11.6 Å². The van der Waals surface area contributed by atoms with E-state index in [0.717, 1.165) is 0 Å². The molecule has 1 heterocycles. The number of nitro groups is 1. The van der Waals surface area contributed by atoms with Gasteiger partial charge < -0.3 is 0 Å². The highest BCUT2D eigenvalue weighted by atomic mass is 35.5. The Morgan fingerprint density at radius 1 is 1.62 bits per heavy atom. The van der Waals surface area contributed by atoms with Gasteiger partial charge in [-0.1, -0.05) is 0 Å². The molecule has 1 aromatic rings. The Bertz CT molecular complexity index is 299. The molecule has 0 amide bonds. The lowest BCUT2D eigenvalue weighted by Gasteiger charge is -1.99. The van der Waals surface area contributed by atoms with Crippen LogP contribution in [0.3, 0.4) is 0 Å². The summed E-state index contributed by atoms with van der Waals surface area (Å²) in [5, 5.41) is 10.2. The fraction of sp³-hybridized carbons (Fsp3) is 0.429. The van der Waals surface area contributed by atoms with Gasteiger partial charge in [0.1, 0.15) is 18.2 Å². The molecule has 0 aliphatic heterocycles. The van der Waals surface area contributed by atoms with Gasteiger partial charge in [0.15, 0.2) is 0 Å². The SMILES string of the molecule is CC(Cl)Cc1ncc([N+](=O)[O-])cn1. The Balaban J connectivity index is 2.75. The Hall–Kier alpha value is -1.23. The molecule has 0 N–H and O–H groups in total. The van der Waals surface area contributed by atoms with Crippen LogP contribution in [0.5, 0.6) is 0 Å². The molecule has 70 valence electrons. The van der Waals surface area contributed by atoms with Crippen molar-refractivity contribution in [2.24, 2.45) is 0 Å². The van der Waals surface area contributed by atoms with Crippen LogP contribution in [0.1, 0.15) is 12.7 Å². The van der Waals surface area contributed by atoms with E-state index in [1.165, 1.54) is 12.4 Å². The fourth-order valence-corrected chi connectivity index (χ4v) is 0.937. The molecular weight excluding hydrogens is 194 g/mol. The number of halogens is 1. The maximum atomic E-state index is 10.2. The second kappa shape index (κ2) is 4.13. The van der Waals surface area contributed by atoms with Crippen LogP contribution in [0, 0.1) is 10.1 Å². The molecule has 13 heavy (non-hydrogen) atoms. The van der Waals surface area contributed by atoms with E-state index in [1.807, 2.05) is 6.92 Å². The third kappa shape index (κ3) is 2.95. The number of nitrogens with zero attached hydrogens (tertiary/aromatic N) is 3. The smallest absolute Gasteiger partial charge is 0.258 e. The van der Waals surface area contributed by atoms with E-state index in [1.54, 1.807) is 0 Å². The van der Waals surface area contributed by atoms with Crippen molar-refractivity contribution >= 4 is 17.3 Å². The molecule has 0 bridgehead atoms. The van der Waals surface area contributed by atoms with Crippen molar-refractivity contribution in [1.82, 2.24) is 9.97 Å². The van der Waals surface area contributed by atoms with Gasteiger partial charge in [-0.3, -0.25) is 10.1 Å². The van der Waals surface area contributed by atoms with Crippen LogP contribution in [-0.2, 0) is 6.42 Å². The normalized spacial score (nSPS) is 12.5. The van der Waals surface area contributed by atoms with Gasteiger partial charge in [0, 0.05) is 11.8 Å². The van der Waals surface area contributed by atoms with Crippen molar-refractivity contribution in [2.45, 2.75) is 18.7 Å². The molecule has 1 rings (SSSR count). The molecule has 0 radical (unpaired) electrons. The molecule has 0 aliphatic rings. The number of aromatic nitrogens is 2. The van der Waals surface area contributed by atoms with Gasteiger partial charge in [-0.2, -0.15) is 0 Å². The maximum Gasteiger partial charge on any atom is 0.305 e. The lowest BCUT2D eigenvalue weighted by atomic mass is 10.3. The first-order valence-electron chi connectivity index (χ1n) is 3.69. The van der Waals surface area contributed by atoms with E-state index in [2.05, 4.69) is 9.97 Å². The molecule has 5 nitrogen and oxygen atoms in total. The fourth-order valence-electron chi connectivity index (χ4n) is 0.799. The monoisotopic (exact) mass is 201 g/mol. The van der Waals surface area contributed by atoms with Crippen LogP contribution in [0.15, 0.2) is 12.4 Å². The first-order valence-corrected chi connectivity index (χ1v) is 4.12. The summed E-state index contributed by atoms with van der Waals surface area (Å²) in [6, 6.07) is 0. The minimum atomic E-state index is -0.534. The summed E-state index contributed by atoms with van der Waals surface area (Å²) < 4.78 is 0. The van der Waals surface area contributed by atoms with Crippen molar-refractivity contribution in [3.05, 3.63) is 28.3 Å². The number of rotatable bonds is 3. The average Bonchev–Trinajstić information content (AvgIpc) is 2.04. The molecule has 0 fully saturated rings. The van der Waals surface area contributed by atoms with E-state index < -0.39 is 4.92 Å². The number of hydrogen-bond acceptors (Lipinski definition) is 4. The molecule has 0 aromatic carbocycles. The highest BCUT2D eigenvalue weighted by molar-refractivity contribution is 6.20. The Morgan fingerprint density at radius 2 is 2.15 bits per heavy atom. The van der Waals surface area contributed by atoms with Gasteiger partial charge in [0.05, 0.1) is 4.92 Å². The van der Waals surface area contributed by atoms with Crippen LogP contribution in [0.4, 0.5) is 5.69 Å². The molecule has 0 saturated carbocycles. The minimum absolute atomic E-state index is 0.0681. The third-order valence-electron chi connectivity index (χ3n) is 1.37. The summed E-state index contributed by atoms with van der Waals surface area (Å²) >= 11 is 5.70. The zero-order chi connectivity index (χ0) is 9.84. The summed E-state index contributed by atoms with van der Waals surface area (Å²) in [7, 11) is 0.